The smallest absolute Gasteiger partial charge is 0.134 e. The standard InChI is InChI=1S/C17H24N4/c1-4-9-15-19-16(18-5-2)12-17(20-15)21(3)13-14-10-7-6-8-11-14/h6-8,10-12H,4-5,9,13H2,1-3H3,(H,18,19,20). The zero-order valence-electron chi connectivity index (χ0n) is 13.1. The number of anilines is 2. The molecule has 0 aliphatic carbocycles. The highest BCUT2D eigenvalue weighted by Crippen LogP contribution is 2.17. The van der Waals surface area contributed by atoms with Gasteiger partial charge in [0.25, 0.3) is 0 Å². The van der Waals surface area contributed by atoms with Gasteiger partial charge in [0.1, 0.15) is 17.5 Å². The van der Waals surface area contributed by atoms with E-state index in [1.807, 2.05) is 12.1 Å². The molecule has 0 radical (unpaired) electrons. The first-order chi connectivity index (χ1) is 10.2. The lowest BCUT2D eigenvalue weighted by molar-refractivity contribution is 0.812. The van der Waals surface area contributed by atoms with Gasteiger partial charge in [-0.3, -0.25) is 0 Å². The van der Waals surface area contributed by atoms with Gasteiger partial charge in [-0.15, -0.1) is 0 Å². The van der Waals surface area contributed by atoms with Crippen molar-refractivity contribution in [1.82, 2.24) is 9.97 Å². The van der Waals surface area contributed by atoms with Crippen LogP contribution in [0.25, 0.3) is 0 Å². The van der Waals surface area contributed by atoms with E-state index in [0.717, 1.165) is 43.4 Å². The highest BCUT2D eigenvalue weighted by Gasteiger charge is 2.08. The second-order valence-electron chi connectivity index (χ2n) is 5.15. The van der Waals surface area contributed by atoms with E-state index in [1.54, 1.807) is 0 Å². The number of hydrogen-bond donors (Lipinski definition) is 1. The molecule has 2 aromatic rings. The highest BCUT2D eigenvalue weighted by atomic mass is 15.2. The van der Waals surface area contributed by atoms with Gasteiger partial charge in [-0.25, -0.2) is 9.97 Å². The van der Waals surface area contributed by atoms with Crippen LogP contribution in [0.5, 0.6) is 0 Å². The van der Waals surface area contributed by atoms with Crippen molar-refractivity contribution < 1.29 is 0 Å². The summed E-state index contributed by atoms with van der Waals surface area (Å²) in [6.07, 6.45) is 1.96. The topological polar surface area (TPSA) is 41.1 Å². The lowest BCUT2D eigenvalue weighted by atomic mass is 10.2. The largest absolute Gasteiger partial charge is 0.370 e. The second-order valence-corrected chi connectivity index (χ2v) is 5.15. The molecule has 21 heavy (non-hydrogen) atoms. The predicted molar refractivity (Wildman–Crippen MR) is 88.7 cm³/mol. The van der Waals surface area contributed by atoms with Crippen LogP contribution < -0.4 is 10.2 Å². The van der Waals surface area contributed by atoms with Crippen molar-refractivity contribution >= 4 is 11.6 Å². The van der Waals surface area contributed by atoms with E-state index in [2.05, 4.69) is 65.3 Å². The quantitative estimate of drug-likeness (QED) is 0.845. The monoisotopic (exact) mass is 284 g/mol. The van der Waals surface area contributed by atoms with E-state index in [0.29, 0.717) is 0 Å². The molecule has 0 fully saturated rings. The minimum atomic E-state index is 0.842. The van der Waals surface area contributed by atoms with Gasteiger partial charge < -0.3 is 10.2 Å². The third kappa shape index (κ3) is 4.45. The molecule has 0 aliphatic heterocycles. The minimum absolute atomic E-state index is 0.842. The van der Waals surface area contributed by atoms with E-state index in [9.17, 15) is 0 Å². The van der Waals surface area contributed by atoms with Gasteiger partial charge in [-0.2, -0.15) is 0 Å². The first kappa shape index (κ1) is 15.3. The molecule has 0 unspecified atom stereocenters. The second kappa shape index (κ2) is 7.62. The maximum atomic E-state index is 4.68. The Hall–Kier alpha value is -2.10. The molecule has 1 N–H and O–H groups in total. The van der Waals surface area contributed by atoms with Gasteiger partial charge in [0, 0.05) is 32.6 Å². The highest BCUT2D eigenvalue weighted by molar-refractivity contribution is 5.49. The van der Waals surface area contributed by atoms with E-state index in [1.165, 1.54) is 5.56 Å². The maximum absolute atomic E-state index is 4.68. The average molecular weight is 284 g/mol. The minimum Gasteiger partial charge on any atom is -0.370 e. The predicted octanol–water partition coefficient (Wildman–Crippen LogP) is 3.50. The molecule has 0 aliphatic rings. The Kier molecular flexibility index (Phi) is 5.55. The fourth-order valence-corrected chi connectivity index (χ4v) is 2.22. The van der Waals surface area contributed by atoms with Gasteiger partial charge in [-0.1, -0.05) is 37.3 Å². The van der Waals surface area contributed by atoms with Crippen LogP contribution in [0.2, 0.25) is 0 Å². The molecule has 112 valence electrons. The summed E-state index contributed by atoms with van der Waals surface area (Å²) < 4.78 is 0. The average Bonchev–Trinajstić information content (AvgIpc) is 2.49. The number of benzene rings is 1. The summed E-state index contributed by atoms with van der Waals surface area (Å²) in [5.41, 5.74) is 1.28. The SMILES string of the molecule is CCCc1nc(NCC)cc(N(C)Cc2ccccc2)n1. The van der Waals surface area contributed by atoms with Crippen molar-refractivity contribution in [2.24, 2.45) is 0 Å². The van der Waals surface area contributed by atoms with Crippen molar-refractivity contribution in [3.8, 4) is 0 Å². The molecule has 0 saturated heterocycles. The summed E-state index contributed by atoms with van der Waals surface area (Å²) in [7, 11) is 2.07. The van der Waals surface area contributed by atoms with Crippen molar-refractivity contribution in [3.05, 3.63) is 47.8 Å². The zero-order valence-corrected chi connectivity index (χ0v) is 13.1. The lowest BCUT2D eigenvalue weighted by Crippen LogP contribution is -2.19. The molecular weight excluding hydrogens is 260 g/mol. The number of aryl methyl sites for hydroxylation is 1. The van der Waals surface area contributed by atoms with Crippen molar-refractivity contribution in [2.75, 3.05) is 23.8 Å². The third-order valence-electron chi connectivity index (χ3n) is 3.24. The Morgan fingerprint density at radius 2 is 1.86 bits per heavy atom. The van der Waals surface area contributed by atoms with Crippen LogP contribution >= 0.6 is 0 Å². The molecule has 1 heterocycles. The zero-order chi connectivity index (χ0) is 15.1. The van der Waals surface area contributed by atoms with Gasteiger partial charge in [0.2, 0.25) is 0 Å². The summed E-state index contributed by atoms with van der Waals surface area (Å²) in [5.74, 6) is 2.78. The summed E-state index contributed by atoms with van der Waals surface area (Å²) in [6, 6.07) is 12.5. The van der Waals surface area contributed by atoms with Crippen LogP contribution in [0, 0.1) is 0 Å². The number of nitrogens with one attached hydrogen (secondary N) is 1. The van der Waals surface area contributed by atoms with Crippen LogP contribution in [-0.2, 0) is 13.0 Å². The van der Waals surface area contributed by atoms with Gasteiger partial charge in [-0.05, 0) is 18.9 Å². The Morgan fingerprint density at radius 3 is 2.52 bits per heavy atom. The van der Waals surface area contributed by atoms with E-state index < -0.39 is 0 Å². The van der Waals surface area contributed by atoms with Crippen molar-refractivity contribution in [2.45, 2.75) is 33.2 Å². The number of rotatable bonds is 7. The molecule has 0 atom stereocenters. The number of aromatic nitrogens is 2. The third-order valence-corrected chi connectivity index (χ3v) is 3.24. The molecular formula is C17H24N4. The first-order valence-electron chi connectivity index (χ1n) is 7.59. The van der Waals surface area contributed by atoms with E-state index in [-0.39, 0.29) is 0 Å². The fourth-order valence-electron chi connectivity index (χ4n) is 2.22. The van der Waals surface area contributed by atoms with Crippen LogP contribution in [-0.4, -0.2) is 23.6 Å². The summed E-state index contributed by atoms with van der Waals surface area (Å²) in [6.45, 7) is 5.94. The molecule has 1 aromatic heterocycles. The lowest BCUT2D eigenvalue weighted by Gasteiger charge is -2.20. The van der Waals surface area contributed by atoms with Crippen LogP contribution in [0.4, 0.5) is 11.6 Å². The Labute approximate surface area is 127 Å². The Morgan fingerprint density at radius 1 is 1.10 bits per heavy atom. The van der Waals surface area contributed by atoms with Crippen LogP contribution in [0.15, 0.2) is 36.4 Å². The maximum Gasteiger partial charge on any atom is 0.134 e. The molecule has 1 aromatic carbocycles. The summed E-state index contributed by atoms with van der Waals surface area (Å²) in [5, 5.41) is 3.29. The normalized spacial score (nSPS) is 10.4. The van der Waals surface area contributed by atoms with E-state index in [4.69, 9.17) is 0 Å². The Balaban J connectivity index is 2.20. The van der Waals surface area contributed by atoms with E-state index >= 15 is 0 Å². The summed E-state index contributed by atoms with van der Waals surface area (Å²) in [4.78, 5) is 11.4. The van der Waals surface area contributed by atoms with Crippen molar-refractivity contribution in [1.29, 1.82) is 0 Å². The van der Waals surface area contributed by atoms with Crippen molar-refractivity contribution in [3.63, 3.8) is 0 Å². The van der Waals surface area contributed by atoms with Crippen LogP contribution in [0.3, 0.4) is 0 Å². The summed E-state index contributed by atoms with van der Waals surface area (Å²) >= 11 is 0. The van der Waals surface area contributed by atoms with Crippen LogP contribution in [0.1, 0.15) is 31.7 Å². The van der Waals surface area contributed by atoms with Gasteiger partial charge in [0.05, 0.1) is 0 Å². The number of hydrogen-bond acceptors (Lipinski definition) is 4. The fraction of sp³-hybridized carbons (Fsp3) is 0.412. The molecule has 0 saturated carbocycles. The molecule has 0 spiro atoms. The molecule has 4 nitrogen and oxygen atoms in total. The number of nitrogens with zero attached hydrogens (tertiary/aromatic N) is 3. The molecule has 2 rings (SSSR count). The molecule has 0 bridgehead atoms. The first-order valence-corrected chi connectivity index (χ1v) is 7.59. The Bertz CT molecular complexity index is 530. The molecule has 4 heteroatoms. The molecule has 0 amide bonds. The van der Waals surface area contributed by atoms with Gasteiger partial charge >= 0.3 is 0 Å². The van der Waals surface area contributed by atoms with Gasteiger partial charge in [0.15, 0.2) is 0 Å².